The van der Waals surface area contributed by atoms with E-state index in [1.807, 2.05) is 48.5 Å². The molecule has 2 aromatic carbocycles. The number of halogens is 1. The maximum atomic E-state index is 11.9. The molecule has 3 rings (SSSR count). The first-order chi connectivity index (χ1) is 9.28. The second-order valence-corrected chi connectivity index (χ2v) is 4.22. The number of hydrogen-bond acceptors (Lipinski definition) is 2. The lowest BCUT2D eigenvalue weighted by molar-refractivity contribution is -0.0792. The summed E-state index contributed by atoms with van der Waals surface area (Å²) < 4.78 is 11.9. The van der Waals surface area contributed by atoms with Crippen molar-refractivity contribution in [3.8, 4) is 11.1 Å². The van der Waals surface area contributed by atoms with Crippen molar-refractivity contribution in [1.29, 1.82) is 0 Å². The van der Waals surface area contributed by atoms with Gasteiger partial charge in [-0.2, -0.15) is 0 Å². The Morgan fingerprint density at radius 2 is 1.79 bits per heavy atom. The molecule has 19 heavy (non-hydrogen) atoms. The van der Waals surface area contributed by atoms with Crippen LogP contribution >= 0.6 is 0 Å². The third-order valence-corrected chi connectivity index (χ3v) is 3.02. The van der Waals surface area contributed by atoms with E-state index in [1.165, 1.54) is 0 Å². The van der Waals surface area contributed by atoms with Crippen LogP contribution in [0, 0.1) is 0 Å². The second-order valence-electron chi connectivity index (χ2n) is 4.22. The van der Waals surface area contributed by atoms with Crippen molar-refractivity contribution >= 4 is 16.9 Å². The maximum Gasteiger partial charge on any atom is 0.395 e. The Morgan fingerprint density at radius 1 is 1.00 bits per heavy atom. The summed E-state index contributed by atoms with van der Waals surface area (Å²) >= 11 is 0. The lowest BCUT2D eigenvalue weighted by Gasteiger charge is -2.00. The minimum absolute atomic E-state index is 0.0997. The summed E-state index contributed by atoms with van der Waals surface area (Å²) in [6.07, 6.45) is 0. The molecule has 0 saturated heterocycles. The average molecular weight is 255 g/mol. The van der Waals surface area contributed by atoms with Gasteiger partial charge in [-0.15, -0.1) is 0 Å². The van der Waals surface area contributed by atoms with Crippen LogP contribution < -0.4 is 0 Å². The van der Waals surface area contributed by atoms with E-state index in [2.05, 4.69) is 9.93 Å². The fourth-order valence-corrected chi connectivity index (χ4v) is 2.09. The molecule has 0 fully saturated rings. The number of hydrogen-bond donors (Lipinski definition) is 1. The molecule has 0 spiro atoms. The van der Waals surface area contributed by atoms with E-state index in [0.717, 1.165) is 22.0 Å². The van der Waals surface area contributed by atoms with Gasteiger partial charge in [-0.05, 0) is 29.3 Å². The number of aromatic nitrogens is 1. The highest BCUT2D eigenvalue weighted by molar-refractivity contribution is 5.95. The molecule has 0 unspecified atom stereocenters. The third kappa shape index (κ3) is 2.08. The van der Waals surface area contributed by atoms with Crippen molar-refractivity contribution in [1.82, 2.24) is 4.98 Å². The molecule has 0 aliphatic heterocycles. The van der Waals surface area contributed by atoms with Crippen molar-refractivity contribution in [3.05, 3.63) is 60.3 Å². The van der Waals surface area contributed by atoms with E-state index >= 15 is 0 Å². The highest BCUT2D eigenvalue weighted by atomic mass is 19.3. The smallest absolute Gasteiger partial charge is 0.349 e. The topological polar surface area (TPSA) is 42.1 Å². The van der Waals surface area contributed by atoms with E-state index < -0.39 is 5.97 Å². The molecule has 3 aromatic rings. The van der Waals surface area contributed by atoms with Gasteiger partial charge in [0.25, 0.3) is 0 Å². The van der Waals surface area contributed by atoms with E-state index in [1.54, 1.807) is 6.07 Å². The third-order valence-electron chi connectivity index (χ3n) is 3.02. The Bertz CT molecular complexity index is 734. The van der Waals surface area contributed by atoms with Crippen molar-refractivity contribution < 1.29 is 14.3 Å². The highest BCUT2D eigenvalue weighted by Crippen LogP contribution is 2.25. The Kier molecular flexibility index (Phi) is 2.76. The van der Waals surface area contributed by atoms with Gasteiger partial charge >= 0.3 is 5.97 Å². The van der Waals surface area contributed by atoms with Crippen LogP contribution in [-0.2, 0) is 4.94 Å². The lowest BCUT2D eigenvalue weighted by atomic mass is 10.0. The van der Waals surface area contributed by atoms with Crippen LogP contribution in [0.3, 0.4) is 0 Å². The van der Waals surface area contributed by atoms with Gasteiger partial charge in [0.2, 0.25) is 0 Å². The molecular formula is C15H10FNO2. The molecule has 1 N–H and O–H groups in total. The maximum absolute atomic E-state index is 11.9. The molecule has 4 heteroatoms. The summed E-state index contributed by atoms with van der Waals surface area (Å²) in [5.41, 5.74) is 2.98. The summed E-state index contributed by atoms with van der Waals surface area (Å²) in [5, 5.41) is 0.835. The molecule has 0 amide bonds. The van der Waals surface area contributed by atoms with E-state index in [-0.39, 0.29) is 5.69 Å². The first-order valence-electron chi connectivity index (χ1n) is 5.79. The Morgan fingerprint density at radius 3 is 2.53 bits per heavy atom. The van der Waals surface area contributed by atoms with Crippen LogP contribution in [0.5, 0.6) is 0 Å². The summed E-state index contributed by atoms with van der Waals surface area (Å²) in [6, 6.07) is 17.2. The molecule has 1 heterocycles. The van der Waals surface area contributed by atoms with Gasteiger partial charge in [0.15, 0.2) is 0 Å². The number of fused-ring (bicyclic) bond motifs is 1. The number of rotatable bonds is 2. The lowest BCUT2D eigenvalue weighted by Crippen LogP contribution is -1.97. The number of carbonyl (C=O) groups is 1. The first kappa shape index (κ1) is 11.5. The van der Waals surface area contributed by atoms with Gasteiger partial charge in [0.05, 0.1) is 0 Å². The monoisotopic (exact) mass is 255 g/mol. The van der Waals surface area contributed by atoms with E-state index in [9.17, 15) is 9.32 Å². The summed E-state index contributed by atoms with van der Waals surface area (Å²) in [4.78, 5) is 17.1. The van der Waals surface area contributed by atoms with E-state index in [4.69, 9.17) is 0 Å². The Balaban J connectivity index is 2.09. The number of nitrogens with one attached hydrogen (secondary N) is 1. The largest absolute Gasteiger partial charge is 0.395 e. The fourth-order valence-electron chi connectivity index (χ4n) is 2.09. The zero-order valence-electron chi connectivity index (χ0n) is 9.89. The average Bonchev–Trinajstić information content (AvgIpc) is 2.90. The zero-order chi connectivity index (χ0) is 13.2. The van der Waals surface area contributed by atoms with Gasteiger partial charge in [0, 0.05) is 15.4 Å². The molecule has 0 aliphatic carbocycles. The molecule has 94 valence electrons. The fraction of sp³-hybridized carbons (Fsp3) is 0. The number of carbonyl (C=O) groups excluding carboxylic acids is 1. The predicted octanol–water partition coefficient (Wildman–Crippen LogP) is 3.88. The molecular weight excluding hydrogens is 245 g/mol. The minimum Gasteiger partial charge on any atom is -0.349 e. The van der Waals surface area contributed by atoms with Gasteiger partial charge in [-0.3, -0.25) is 0 Å². The van der Waals surface area contributed by atoms with Crippen LogP contribution in [0.25, 0.3) is 22.0 Å². The van der Waals surface area contributed by atoms with E-state index in [0.29, 0.717) is 0 Å². The van der Waals surface area contributed by atoms with Gasteiger partial charge in [-0.1, -0.05) is 36.4 Å². The molecule has 0 atom stereocenters. The quantitative estimate of drug-likeness (QED) is 0.755. The zero-order valence-corrected chi connectivity index (χ0v) is 9.89. The number of H-pyrrole nitrogens is 1. The standard InChI is InChI=1S/C15H10FNO2/c16-19-15(18)14-9-12-8-11(6-7-13(12)17-14)10-4-2-1-3-5-10/h1-9,17H. The van der Waals surface area contributed by atoms with Gasteiger partial charge in [0.1, 0.15) is 5.69 Å². The summed E-state index contributed by atoms with van der Waals surface area (Å²) in [6.45, 7) is 0. The second kappa shape index (κ2) is 4.57. The highest BCUT2D eigenvalue weighted by Gasteiger charge is 2.11. The van der Waals surface area contributed by atoms with Crippen LogP contribution in [-0.4, -0.2) is 11.0 Å². The normalized spacial score (nSPS) is 10.6. The minimum atomic E-state index is -1.02. The predicted molar refractivity (Wildman–Crippen MR) is 70.3 cm³/mol. The SMILES string of the molecule is O=C(OF)c1cc2cc(-c3ccccc3)ccc2[nH]1. The van der Waals surface area contributed by atoms with Crippen molar-refractivity contribution in [2.24, 2.45) is 0 Å². The van der Waals surface area contributed by atoms with Crippen molar-refractivity contribution in [2.45, 2.75) is 0 Å². The van der Waals surface area contributed by atoms with Crippen LogP contribution in [0.4, 0.5) is 4.53 Å². The molecule has 0 radical (unpaired) electrons. The summed E-state index contributed by atoms with van der Waals surface area (Å²) in [5.74, 6) is -1.02. The first-order valence-corrected chi connectivity index (χ1v) is 5.79. The number of benzene rings is 2. The van der Waals surface area contributed by atoms with Crippen molar-refractivity contribution in [3.63, 3.8) is 0 Å². The van der Waals surface area contributed by atoms with Gasteiger partial charge in [-0.25, -0.2) is 9.74 Å². The summed E-state index contributed by atoms with van der Waals surface area (Å²) in [7, 11) is 0. The molecule has 0 aliphatic rings. The van der Waals surface area contributed by atoms with Crippen LogP contribution in [0.15, 0.2) is 54.6 Å². The molecule has 0 bridgehead atoms. The molecule has 3 nitrogen and oxygen atoms in total. The van der Waals surface area contributed by atoms with Crippen molar-refractivity contribution in [2.75, 3.05) is 0 Å². The van der Waals surface area contributed by atoms with Crippen LogP contribution in [0.1, 0.15) is 10.5 Å². The van der Waals surface area contributed by atoms with Crippen LogP contribution in [0.2, 0.25) is 0 Å². The Hall–Kier alpha value is -2.62. The van der Waals surface area contributed by atoms with Gasteiger partial charge < -0.3 is 4.98 Å². The molecule has 0 saturated carbocycles. The molecule has 1 aromatic heterocycles. The Labute approximate surface area is 108 Å². The number of aromatic amines is 1.